The molecule has 9 atom stereocenters. The Morgan fingerprint density at radius 2 is 1.40 bits per heavy atom. The van der Waals surface area contributed by atoms with E-state index in [1.165, 1.54) is 0 Å². The summed E-state index contributed by atoms with van der Waals surface area (Å²) in [5, 5.41) is 52.6. The van der Waals surface area contributed by atoms with Crippen LogP contribution in [0.2, 0.25) is 0 Å². The molecule has 9 unspecified atom stereocenters. The maximum Gasteiger partial charge on any atom is 0.308 e. The molecular formula is C31H54O14. The summed E-state index contributed by atoms with van der Waals surface area (Å²) in [6, 6.07) is 0. The van der Waals surface area contributed by atoms with E-state index < -0.39 is 98.5 Å². The lowest BCUT2D eigenvalue weighted by Crippen LogP contribution is -2.64. The number of aliphatic hydroxyl groups is 5. The monoisotopic (exact) mass is 650 g/mol. The predicted molar refractivity (Wildman–Crippen MR) is 157 cm³/mol. The second kappa shape index (κ2) is 18.4. The van der Waals surface area contributed by atoms with Gasteiger partial charge in [-0.2, -0.15) is 0 Å². The van der Waals surface area contributed by atoms with Crippen LogP contribution in [0.25, 0.3) is 0 Å². The van der Waals surface area contributed by atoms with Crippen molar-refractivity contribution >= 4 is 17.9 Å². The van der Waals surface area contributed by atoms with E-state index in [9.17, 15) is 39.9 Å². The van der Waals surface area contributed by atoms with E-state index in [0.29, 0.717) is 12.3 Å². The van der Waals surface area contributed by atoms with E-state index in [-0.39, 0.29) is 18.8 Å². The molecule has 2 aliphatic heterocycles. The van der Waals surface area contributed by atoms with Gasteiger partial charge >= 0.3 is 17.9 Å². The van der Waals surface area contributed by atoms with Crippen LogP contribution < -0.4 is 0 Å². The van der Waals surface area contributed by atoms with Gasteiger partial charge in [0.2, 0.25) is 5.79 Å². The summed E-state index contributed by atoms with van der Waals surface area (Å²) in [5.41, 5.74) is 0. The highest BCUT2D eigenvalue weighted by atomic mass is 16.8. The molecule has 14 nitrogen and oxygen atoms in total. The normalized spacial score (nSPS) is 31.9. The predicted octanol–water partition coefficient (Wildman–Crippen LogP) is 0.956. The molecule has 0 radical (unpaired) electrons. The van der Waals surface area contributed by atoms with Gasteiger partial charge in [-0.05, 0) is 18.3 Å². The van der Waals surface area contributed by atoms with Crippen molar-refractivity contribution in [3.63, 3.8) is 0 Å². The molecule has 2 fully saturated rings. The van der Waals surface area contributed by atoms with Crippen molar-refractivity contribution in [1.82, 2.24) is 0 Å². The number of carbonyl (C=O) groups is 3. The van der Waals surface area contributed by atoms with Crippen LogP contribution in [0.3, 0.4) is 0 Å². The second-order valence-corrected chi connectivity index (χ2v) is 13.0. The molecule has 2 aliphatic rings. The van der Waals surface area contributed by atoms with Crippen LogP contribution in [-0.4, -0.2) is 118 Å². The van der Waals surface area contributed by atoms with Gasteiger partial charge in [-0.3, -0.25) is 14.4 Å². The minimum atomic E-state index is -2.33. The lowest BCUT2D eigenvalue weighted by molar-refractivity contribution is -0.384. The van der Waals surface area contributed by atoms with Gasteiger partial charge in [-0.1, -0.05) is 67.2 Å². The van der Waals surface area contributed by atoms with Crippen molar-refractivity contribution in [2.24, 2.45) is 17.8 Å². The molecule has 0 aromatic rings. The zero-order valence-electron chi connectivity index (χ0n) is 27.3. The summed E-state index contributed by atoms with van der Waals surface area (Å²) in [7, 11) is 0. The van der Waals surface area contributed by atoms with Gasteiger partial charge in [0, 0.05) is 12.8 Å². The largest absolute Gasteiger partial charge is 0.455 e. The van der Waals surface area contributed by atoms with Crippen LogP contribution in [-0.2, 0) is 42.8 Å². The summed E-state index contributed by atoms with van der Waals surface area (Å²) in [6.07, 6.45) is -8.32. The van der Waals surface area contributed by atoms with Gasteiger partial charge in [0.05, 0.1) is 19.1 Å². The highest BCUT2D eigenvalue weighted by molar-refractivity contribution is 5.72. The Kier molecular flexibility index (Phi) is 16.1. The van der Waals surface area contributed by atoms with E-state index in [1.54, 1.807) is 27.7 Å². The molecule has 45 heavy (non-hydrogen) atoms. The van der Waals surface area contributed by atoms with E-state index in [0.717, 1.165) is 25.7 Å². The lowest BCUT2D eigenvalue weighted by atomic mass is 9.97. The first-order valence-corrected chi connectivity index (χ1v) is 16.0. The average molecular weight is 651 g/mol. The fraction of sp³-hybridized carbons (Fsp3) is 0.903. The highest BCUT2D eigenvalue weighted by Gasteiger charge is 2.61. The molecule has 2 saturated heterocycles. The molecule has 0 spiro atoms. The van der Waals surface area contributed by atoms with Gasteiger partial charge in [0.15, 0.2) is 24.6 Å². The summed E-state index contributed by atoms with van der Waals surface area (Å²) in [6.45, 7) is 8.46. The number of ether oxygens (including phenoxy) is 6. The summed E-state index contributed by atoms with van der Waals surface area (Å²) < 4.78 is 33.8. The van der Waals surface area contributed by atoms with Crippen molar-refractivity contribution in [2.45, 2.75) is 141 Å². The van der Waals surface area contributed by atoms with Crippen molar-refractivity contribution in [1.29, 1.82) is 0 Å². The Labute approximate surface area is 265 Å². The molecule has 14 heteroatoms. The van der Waals surface area contributed by atoms with Crippen molar-refractivity contribution in [3.05, 3.63) is 0 Å². The minimum Gasteiger partial charge on any atom is -0.455 e. The Bertz CT molecular complexity index is 926. The first kappa shape index (κ1) is 39.3. The maximum atomic E-state index is 12.8. The number of rotatable bonds is 18. The molecule has 0 aliphatic carbocycles. The fourth-order valence-corrected chi connectivity index (χ4v) is 5.20. The first-order valence-electron chi connectivity index (χ1n) is 16.0. The molecule has 5 N–H and O–H groups in total. The number of hydrogen-bond donors (Lipinski definition) is 5. The molecule has 2 rings (SSSR count). The van der Waals surface area contributed by atoms with Crippen LogP contribution in [0.1, 0.15) is 86.5 Å². The van der Waals surface area contributed by atoms with Crippen molar-refractivity contribution < 1.29 is 68.3 Å². The van der Waals surface area contributed by atoms with Gasteiger partial charge in [-0.15, -0.1) is 0 Å². The molecule has 0 amide bonds. The van der Waals surface area contributed by atoms with Crippen molar-refractivity contribution in [2.75, 3.05) is 19.8 Å². The first-order chi connectivity index (χ1) is 21.2. The van der Waals surface area contributed by atoms with Crippen LogP contribution >= 0.6 is 0 Å². The zero-order chi connectivity index (χ0) is 33.9. The van der Waals surface area contributed by atoms with Crippen LogP contribution in [0.5, 0.6) is 0 Å². The Balaban J connectivity index is 2.28. The molecule has 0 aromatic carbocycles. The van der Waals surface area contributed by atoms with E-state index in [2.05, 4.69) is 13.8 Å². The van der Waals surface area contributed by atoms with Crippen LogP contribution in [0, 0.1) is 17.8 Å². The lowest BCUT2D eigenvalue weighted by Gasteiger charge is -2.45. The Hall–Kier alpha value is -1.91. The topological polar surface area (TPSA) is 208 Å². The maximum absolute atomic E-state index is 12.8. The van der Waals surface area contributed by atoms with Gasteiger partial charge in [0.1, 0.15) is 31.0 Å². The van der Waals surface area contributed by atoms with Gasteiger partial charge in [0.25, 0.3) is 0 Å². The summed E-state index contributed by atoms with van der Waals surface area (Å²) in [4.78, 5) is 37.9. The second-order valence-electron chi connectivity index (χ2n) is 13.0. The standard InChI is InChI=1S/C31H54O14/c1-17(2)11-9-7-8-10-12-22(35)42-28-24(37)20(14-32)44-31(28,16-34)45-30-25(38)27(43-29(39)19(5)6)26(21(15-33)40-30)41-23(36)13-18(3)4/h17-21,24-28,30,32-34,37-38H,7-16H2,1-6H3. The van der Waals surface area contributed by atoms with E-state index in [1.807, 2.05) is 0 Å². The van der Waals surface area contributed by atoms with Crippen LogP contribution in [0.4, 0.5) is 0 Å². The molecule has 0 saturated carbocycles. The smallest absolute Gasteiger partial charge is 0.308 e. The van der Waals surface area contributed by atoms with Crippen molar-refractivity contribution in [3.8, 4) is 0 Å². The molecule has 2 heterocycles. The minimum absolute atomic E-state index is 0.00239. The summed E-state index contributed by atoms with van der Waals surface area (Å²) in [5.74, 6) is -4.59. The number of unbranched alkanes of at least 4 members (excludes halogenated alkanes) is 3. The molecular weight excluding hydrogens is 596 g/mol. The number of aliphatic hydroxyl groups excluding tert-OH is 5. The summed E-state index contributed by atoms with van der Waals surface area (Å²) >= 11 is 0. The fourth-order valence-electron chi connectivity index (χ4n) is 5.20. The number of esters is 3. The quantitative estimate of drug-likeness (QED) is 0.0796. The van der Waals surface area contributed by atoms with E-state index in [4.69, 9.17) is 28.4 Å². The molecule has 0 aromatic heterocycles. The van der Waals surface area contributed by atoms with Crippen LogP contribution in [0.15, 0.2) is 0 Å². The average Bonchev–Trinajstić information content (AvgIpc) is 3.23. The number of carbonyl (C=O) groups excluding carboxylic acids is 3. The molecule has 262 valence electrons. The third kappa shape index (κ3) is 11.1. The third-order valence-corrected chi connectivity index (χ3v) is 7.72. The number of hydrogen-bond acceptors (Lipinski definition) is 14. The molecule has 0 bridgehead atoms. The Morgan fingerprint density at radius 3 is 1.96 bits per heavy atom. The van der Waals surface area contributed by atoms with E-state index >= 15 is 0 Å². The highest BCUT2D eigenvalue weighted by Crippen LogP contribution is 2.39. The van der Waals surface area contributed by atoms with Gasteiger partial charge in [-0.25, -0.2) is 0 Å². The Morgan fingerprint density at radius 1 is 0.756 bits per heavy atom. The zero-order valence-corrected chi connectivity index (χ0v) is 27.3. The van der Waals surface area contributed by atoms with Gasteiger partial charge < -0.3 is 54.0 Å². The third-order valence-electron chi connectivity index (χ3n) is 7.72. The SMILES string of the molecule is CC(C)CCCCCCC(=O)OC1C(O)C(CO)OC1(CO)OC1OC(CO)C(OC(=O)CC(C)C)C(OC(=O)C(C)C)C1O.